The Hall–Kier alpha value is -2.09. The maximum Gasteiger partial charge on any atom is 0.223 e. The normalized spacial score (nSPS) is 13.6. The summed E-state index contributed by atoms with van der Waals surface area (Å²) in [5.41, 5.74) is 0. The van der Waals surface area contributed by atoms with Crippen molar-refractivity contribution in [3.05, 3.63) is 30.1 Å². The smallest absolute Gasteiger partial charge is 0.223 e. The number of ether oxygens (including phenoxy) is 1. The molecule has 20 heavy (non-hydrogen) atoms. The predicted octanol–water partition coefficient (Wildman–Crippen LogP) is 2.50. The highest BCUT2D eigenvalue weighted by atomic mass is 19.1. The summed E-state index contributed by atoms with van der Waals surface area (Å²) in [6.45, 7) is 0.522. The van der Waals surface area contributed by atoms with Crippen LogP contribution in [0.1, 0.15) is 25.7 Å². The zero-order valence-electron chi connectivity index (χ0n) is 11.2. The van der Waals surface area contributed by atoms with Gasteiger partial charge in [-0.25, -0.2) is 4.39 Å². The van der Waals surface area contributed by atoms with Crippen LogP contribution in [0.3, 0.4) is 0 Å². The molecule has 0 unspecified atom stereocenters. The Labute approximate surface area is 117 Å². The number of carbonyl (C=O) groups excluding carboxylic acids is 1. The van der Waals surface area contributed by atoms with Crippen LogP contribution in [0, 0.1) is 17.1 Å². The fraction of sp³-hybridized carbons (Fsp3) is 0.467. The van der Waals surface area contributed by atoms with Crippen molar-refractivity contribution in [3.8, 4) is 11.8 Å². The molecule has 1 saturated carbocycles. The third-order valence-electron chi connectivity index (χ3n) is 3.15. The molecular formula is C15H17FN2O2. The van der Waals surface area contributed by atoms with E-state index in [2.05, 4.69) is 0 Å². The van der Waals surface area contributed by atoms with Crippen molar-refractivity contribution in [1.29, 1.82) is 5.26 Å². The highest BCUT2D eigenvalue weighted by molar-refractivity contribution is 5.77. The highest BCUT2D eigenvalue weighted by Crippen LogP contribution is 2.27. The minimum Gasteiger partial charge on any atom is -0.493 e. The third-order valence-corrected chi connectivity index (χ3v) is 3.15. The van der Waals surface area contributed by atoms with E-state index in [4.69, 9.17) is 10.00 Å². The lowest BCUT2D eigenvalue weighted by Crippen LogP contribution is -2.33. The molecule has 0 aliphatic heterocycles. The number of halogens is 1. The average molecular weight is 276 g/mol. The van der Waals surface area contributed by atoms with Gasteiger partial charge < -0.3 is 9.64 Å². The zero-order valence-corrected chi connectivity index (χ0v) is 11.2. The second-order valence-corrected chi connectivity index (χ2v) is 4.82. The molecule has 1 aromatic rings. The van der Waals surface area contributed by atoms with Crippen LogP contribution in [0.25, 0.3) is 0 Å². The van der Waals surface area contributed by atoms with Gasteiger partial charge in [-0.1, -0.05) is 6.07 Å². The molecule has 1 aromatic carbocycles. The van der Waals surface area contributed by atoms with Crippen molar-refractivity contribution in [1.82, 2.24) is 4.90 Å². The monoisotopic (exact) mass is 276 g/mol. The molecule has 0 atom stereocenters. The van der Waals surface area contributed by atoms with Crippen LogP contribution < -0.4 is 4.74 Å². The van der Waals surface area contributed by atoms with E-state index in [1.807, 2.05) is 6.07 Å². The maximum atomic E-state index is 12.9. The minimum atomic E-state index is -0.340. The molecule has 0 bridgehead atoms. The van der Waals surface area contributed by atoms with Gasteiger partial charge in [0.15, 0.2) is 0 Å². The first-order valence-corrected chi connectivity index (χ1v) is 6.75. The van der Waals surface area contributed by atoms with Crippen LogP contribution in [-0.2, 0) is 4.79 Å². The van der Waals surface area contributed by atoms with Gasteiger partial charge in [-0.15, -0.1) is 0 Å². The van der Waals surface area contributed by atoms with Gasteiger partial charge >= 0.3 is 0 Å². The van der Waals surface area contributed by atoms with Crippen LogP contribution in [0.5, 0.6) is 5.75 Å². The Bertz CT molecular complexity index is 509. The topological polar surface area (TPSA) is 53.3 Å². The molecule has 0 N–H and O–H groups in total. The lowest BCUT2D eigenvalue weighted by molar-refractivity contribution is -0.131. The van der Waals surface area contributed by atoms with E-state index in [9.17, 15) is 9.18 Å². The predicted molar refractivity (Wildman–Crippen MR) is 71.5 cm³/mol. The number of carbonyl (C=O) groups is 1. The summed E-state index contributed by atoms with van der Waals surface area (Å²) in [6.07, 6.45) is 2.90. The van der Waals surface area contributed by atoms with Crippen molar-refractivity contribution >= 4 is 5.91 Å². The van der Waals surface area contributed by atoms with E-state index in [1.165, 1.54) is 12.1 Å². The van der Waals surface area contributed by atoms with Gasteiger partial charge in [0, 0.05) is 18.5 Å². The van der Waals surface area contributed by atoms with Crippen LogP contribution in [0.4, 0.5) is 4.39 Å². The molecule has 0 spiro atoms. The average Bonchev–Trinajstić information content (AvgIpc) is 3.25. The minimum absolute atomic E-state index is 0.00288. The van der Waals surface area contributed by atoms with E-state index in [-0.39, 0.29) is 24.3 Å². The summed E-state index contributed by atoms with van der Waals surface area (Å²) in [5, 5.41) is 8.70. The van der Waals surface area contributed by atoms with Gasteiger partial charge in [0.2, 0.25) is 5.91 Å². The van der Waals surface area contributed by atoms with E-state index in [1.54, 1.807) is 17.0 Å². The molecule has 1 fully saturated rings. The molecule has 0 heterocycles. The highest BCUT2D eigenvalue weighted by Gasteiger charge is 2.31. The molecule has 4 nitrogen and oxygen atoms in total. The SMILES string of the molecule is N#CCN(C(=O)CCCOc1cccc(F)c1)C1CC1. The number of amides is 1. The van der Waals surface area contributed by atoms with Crippen molar-refractivity contribution in [2.45, 2.75) is 31.7 Å². The van der Waals surface area contributed by atoms with Crippen molar-refractivity contribution in [2.24, 2.45) is 0 Å². The largest absolute Gasteiger partial charge is 0.493 e. The number of nitriles is 1. The number of nitrogens with zero attached hydrogens (tertiary/aromatic N) is 2. The molecule has 5 heteroatoms. The van der Waals surface area contributed by atoms with E-state index in [0.29, 0.717) is 25.2 Å². The molecule has 106 valence electrons. The van der Waals surface area contributed by atoms with Crippen LogP contribution in [0.2, 0.25) is 0 Å². The fourth-order valence-electron chi connectivity index (χ4n) is 2.00. The van der Waals surface area contributed by atoms with Crippen molar-refractivity contribution in [2.75, 3.05) is 13.2 Å². The summed E-state index contributed by atoms with van der Waals surface area (Å²) in [4.78, 5) is 13.6. The van der Waals surface area contributed by atoms with E-state index >= 15 is 0 Å². The lowest BCUT2D eigenvalue weighted by Gasteiger charge is -2.18. The van der Waals surface area contributed by atoms with Crippen molar-refractivity contribution < 1.29 is 13.9 Å². The molecule has 1 amide bonds. The first-order valence-electron chi connectivity index (χ1n) is 6.75. The van der Waals surface area contributed by atoms with Crippen LogP contribution in [-0.4, -0.2) is 30.0 Å². The first kappa shape index (κ1) is 14.3. The molecule has 0 saturated heterocycles. The first-order chi connectivity index (χ1) is 9.70. The molecule has 0 radical (unpaired) electrons. The standard InChI is InChI=1S/C15H17FN2O2/c16-12-3-1-4-14(11-12)20-10-2-5-15(19)18(9-8-17)13-6-7-13/h1,3-4,11,13H,2,5-7,9-10H2. The van der Waals surface area contributed by atoms with Gasteiger partial charge in [-0.2, -0.15) is 5.26 Å². The lowest BCUT2D eigenvalue weighted by atomic mass is 10.2. The Morgan fingerprint density at radius 3 is 2.95 bits per heavy atom. The number of benzene rings is 1. The molecule has 1 aliphatic rings. The Kier molecular flexibility index (Phi) is 4.94. The van der Waals surface area contributed by atoms with Gasteiger partial charge in [0.05, 0.1) is 12.7 Å². The summed E-state index contributed by atoms with van der Waals surface area (Å²) in [7, 11) is 0. The summed E-state index contributed by atoms with van der Waals surface area (Å²) in [6, 6.07) is 8.21. The second-order valence-electron chi connectivity index (χ2n) is 4.82. The van der Waals surface area contributed by atoms with Gasteiger partial charge in [0.25, 0.3) is 0 Å². The zero-order chi connectivity index (χ0) is 14.4. The fourth-order valence-corrected chi connectivity index (χ4v) is 2.00. The van der Waals surface area contributed by atoms with E-state index < -0.39 is 0 Å². The molecular weight excluding hydrogens is 259 g/mol. The molecule has 2 rings (SSSR count). The Balaban J connectivity index is 1.70. The Morgan fingerprint density at radius 2 is 2.30 bits per heavy atom. The maximum absolute atomic E-state index is 12.9. The van der Waals surface area contributed by atoms with Gasteiger partial charge in [-0.05, 0) is 31.4 Å². The van der Waals surface area contributed by atoms with Crippen LogP contribution >= 0.6 is 0 Å². The Morgan fingerprint density at radius 1 is 1.50 bits per heavy atom. The summed E-state index contributed by atoms with van der Waals surface area (Å²) < 4.78 is 18.3. The summed E-state index contributed by atoms with van der Waals surface area (Å²) in [5.74, 6) is 0.123. The quantitative estimate of drug-likeness (QED) is 0.568. The van der Waals surface area contributed by atoms with E-state index in [0.717, 1.165) is 12.8 Å². The summed E-state index contributed by atoms with van der Waals surface area (Å²) >= 11 is 0. The van der Waals surface area contributed by atoms with Gasteiger partial charge in [-0.3, -0.25) is 4.79 Å². The van der Waals surface area contributed by atoms with Crippen molar-refractivity contribution in [3.63, 3.8) is 0 Å². The second kappa shape index (κ2) is 6.90. The number of hydrogen-bond donors (Lipinski definition) is 0. The van der Waals surface area contributed by atoms with Gasteiger partial charge in [0.1, 0.15) is 18.1 Å². The molecule has 0 aromatic heterocycles. The number of hydrogen-bond acceptors (Lipinski definition) is 3. The third kappa shape index (κ3) is 4.23. The van der Waals surface area contributed by atoms with Crippen LogP contribution in [0.15, 0.2) is 24.3 Å². The molecule has 1 aliphatic carbocycles. The number of rotatable bonds is 7.